The zero-order valence-electron chi connectivity index (χ0n) is 14.6. The van der Waals surface area contributed by atoms with E-state index in [0.717, 1.165) is 11.3 Å². The van der Waals surface area contributed by atoms with Gasteiger partial charge in [-0.15, -0.1) is 10.2 Å². The molecule has 0 bridgehead atoms. The molecule has 1 N–H and O–H groups in total. The number of benzene rings is 1. The molecule has 2 heterocycles. The van der Waals surface area contributed by atoms with Gasteiger partial charge in [0, 0.05) is 25.1 Å². The second-order valence-electron chi connectivity index (χ2n) is 5.95. The summed E-state index contributed by atoms with van der Waals surface area (Å²) < 4.78 is 6.74. The number of nitrogens with zero attached hydrogens (tertiary/aromatic N) is 5. The molecule has 1 aromatic carbocycles. The molecule has 0 aliphatic heterocycles. The number of amides is 1. The Morgan fingerprint density at radius 3 is 2.84 bits per heavy atom. The third-order valence-corrected chi connectivity index (χ3v) is 3.57. The Hall–Kier alpha value is -3.16. The Morgan fingerprint density at radius 1 is 1.32 bits per heavy atom. The second-order valence-corrected chi connectivity index (χ2v) is 5.95. The van der Waals surface area contributed by atoms with E-state index in [4.69, 9.17) is 4.74 Å². The summed E-state index contributed by atoms with van der Waals surface area (Å²) in [5, 5.41) is 10.8. The normalized spacial score (nSPS) is 10.9. The van der Waals surface area contributed by atoms with Gasteiger partial charge in [0.15, 0.2) is 5.82 Å². The smallest absolute Gasteiger partial charge is 0.414 e. The van der Waals surface area contributed by atoms with Crippen molar-refractivity contribution in [3.05, 3.63) is 42.2 Å². The maximum Gasteiger partial charge on any atom is 0.414 e. The van der Waals surface area contributed by atoms with E-state index in [1.165, 1.54) is 0 Å². The minimum atomic E-state index is -0.574. The van der Waals surface area contributed by atoms with Gasteiger partial charge >= 0.3 is 6.09 Å². The maximum absolute atomic E-state index is 11.8. The standard InChI is InChI=1S/C17H20N6O2/c1-11(2)25-17(24)19-16-21-20-15-14(18-8-9-23(15)16)22(4)13-7-5-6-12(3)10-13/h5-11H,1-4H3,(H,19,21,24). The number of rotatable bonds is 4. The van der Waals surface area contributed by atoms with Crippen LogP contribution in [0.15, 0.2) is 36.7 Å². The summed E-state index contributed by atoms with van der Waals surface area (Å²) in [6.07, 6.45) is 2.53. The van der Waals surface area contributed by atoms with Crippen molar-refractivity contribution in [1.82, 2.24) is 19.6 Å². The van der Waals surface area contributed by atoms with Crippen molar-refractivity contribution in [3.63, 3.8) is 0 Å². The SMILES string of the molecule is Cc1cccc(N(C)c2nccn3c(NC(=O)OC(C)C)nnc23)c1. The lowest BCUT2D eigenvalue weighted by Gasteiger charge is -2.19. The molecule has 3 rings (SSSR count). The van der Waals surface area contributed by atoms with Gasteiger partial charge in [0.2, 0.25) is 11.6 Å². The van der Waals surface area contributed by atoms with Crippen molar-refractivity contribution in [2.75, 3.05) is 17.3 Å². The van der Waals surface area contributed by atoms with Gasteiger partial charge in [0.25, 0.3) is 0 Å². The van der Waals surface area contributed by atoms with E-state index < -0.39 is 6.09 Å². The summed E-state index contributed by atoms with van der Waals surface area (Å²) in [5.74, 6) is 0.910. The Kier molecular flexibility index (Phi) is 4.51. The van der Waals surface area contributed by atoms with Crippen molar-refractivity contribution in [1.29, 1.82) is 0 Å². The molecule has 0 aliphatic carbocycles. The first-order chi connectivity index (χ1) is 12.0. The molecule has 130 valence electrons. The van der Waals surface area contributed by atoms with Crippen LogP contribution >= 0.6 is 0 Å². The second kappa shape index (κ2) is 6.76. The molecule has 0 fully saturated rings. The van der Waals surface area contributed by atoms with Gasteiger partial charge in [-0.3, -0.25) is 9.72 Å². The van der Waals surface area contributed by atoms with E-state index >= 15 is 0 Å². The maximum atomic E-state index is 11.8. The number of aromatic nitrogens is 4. The third-order valence-electron chi connectivity index (χ3n) is 3.57. The van der Waals surface area contributed by atoms with E-state index in [-0.39, 0.29) is 12.1 Å². The third kappa shape index (κ3) is 3.52. The van der Waals surface area contributed by atoms with E-state index in [9.17, 15) is 4.79 Å². The highest BCUT2D eigenvalue weighted by molar-refractivity contribution is 5.83. The topological polar surface area (TPSA) is 84.7 Å². The number of hydrogen-bond donors (Lipinski definition) is 1. The number of anilines is 3. The number of ether oxygens (including phenoxy) is 1. The van der Waals surface area contributed by atoms with Gasteiger partial charge in [-0.05, 0) is 38.5 Å². The van der Waals surface area contributed by atoms with Crippen LogP contribution in [-0.2, 0) is 4.74 Å². The number of hydrogen-bond acceptors (Lipinski definition) is 6. The molecule has 0 saturated carbocycles. The van der Waals surface area contributed by atoms with Crippen LogP contribution in [-0.4, -0.2) is 38.8 Å². The van der Waals surface area contributed by atoms with Gasteiger partial charge in [-0.25, -0.2) is 9.78 Å². The highest BCUT2D eigenvalue weighted by atomic mass is 16.6. The van der Waals surface area contributed by atoms with Crippen LogP contribution in [0.4, 0.5) is 22.2 Å². The summed E-state index contributed by atoms with van der Waals surface area (Å²) in [4.78, 5) is 18.1. The van der Waals surface area contributed by atoms with Gasteiger partial charge in [0.1, 0.15) is 0 Å². The van der Waals surface area contributed by atoms with Gasteiger partial charge in [0.05, 0.1) is 6.10 Å². The Labute approximate surface area is 145 Å². The molecule has 8 nitrogen and oxygen atoms in total. The molecule has 8 heteroatoms. The zero-order valence-corrected chi connectivity index (χ0v) is 14.6. The summed E-state index contributed by atoms with van der Waals surface area (Å²) in [7, 11) is 1.91. The van der Waals surface area contributed by atoms with Crippen LogP contribution in [0, 0.1) is 6.92 Å². The number of carbonyl (C=O) groups excluding carboxylic acids is 1. The van der Waals surface area contributed by atoms with E-state index in [2.05, 4.69) is 26.6 Å². The quantitative estimate of drug-likeness (QED) is 0.785. The number of aryl methyl sites for hydroxylation is 1. The first kappa shape index (κ1) is 16.7. The van der Waals surface area contributed by atoms with Crippen molar-refractivity contribution < 1.29 is 9.53 Å². The highest BCUT2D eigenvalue weighted by Gasteiger charge is 2.17. The number of nitrogens with one attached hydrogen (secondary N) is 1. The fraction of sp³-hybridized carbons (Fsp3) is 0.294. The van der Waals surface area contributed by atoms with Crippen LogP contribution in [0.3, 0.4) is 0 Å². The zero-order chi connectivity index (χ0) is 18.0. The predicted molar refractivity (Wildman–Crippen MR) is 95.3 cm³/mol. The highest BCUT2D eigenvalue weighted by Crippen LogP contribution is 2.26. The van der Waals surface area contributed by atoms with Gasteiger partial charge in [-0.2, -0.15) is 0 Å². The monoisotopic (exact) mass is 340 g/mol. The van der Waals surface area contributed by atoms with Crippen molar-refractivity contribution in [2.24, 2.45) is 0 Å². The molecular formula is C17H20N6O2. The molecule has 0 radical (unpaired) electrons. The van der Waals surface area contributed by atoms with Crippen molar-refractivity contribution in [2.45, 2.75) is 26.9 Å². The molecule has 0 spiro atoms. The Bertz CT molecular complexity index is 905. The lowest BCUT2D eigenvalue weighted by atomic mass is 10.2. The summed E-state index contributed by atoms with van der Waals surface area (Å²) in [6, 6.07) is 8.07. The number of fused-ring (bicyclic) bond motifs is 1. The van der Waals surface area contributed by atoms with E-state index in [1.54, 1.807) is 30.6 Å². The van der Waals surface area contributed by atoms with Gasteiger partial charge in [-0.1, -0.05) is 12.1 Å². The molecule has 1 amide bonds. The first-order valence-corrected chi connectivity index (χ1v) is 7.93. The van der Waals surface area contributed by atoms with Crippen molar-refractivity contribution >= 4 is 29.2 Å². The molecule has 0 saturated heterocycles. The van der Waals surface area contributed by atoms with Crippen molar-refractivity contribution in [3.8, 4) is 0 Å². The molecule has 0 atom stereocenters. The van der Waals surface area contributed by atoms with E-state index in [1.807, 2.05) is 37.1 Å². The molecule has 0 unspecified atom stereocenters. The molecule has 25 heavy (non-hydrogen) atoms. The first-order valence-electron chi connectivity index (χ1n) is 7.93. The van der Waals surface area contributed by atoms with Crippen LogP contribution in [0.1, 0.15) is 19.4 Å². The van der Waals surface area contributed by atoms with Crippen LogP contribution in [0.2, 0.25) is 0 Å². The lowest BCUT2D eigenvalue weighted by molar-refractivity contribution is 0.129. The average molecular weight is 340 g/mol. The average Bonchev–Trinajstić information content (AvgIpc) is 2.96. The molecule has 0 aliphatic rings. The Balaban J connectivity index is 1.94. The largest absolute Gasteiger partial charge is 0.447 e. The fourth-order valence-electron chi connectivity index (χ4n) is 2.43. The molecule has 3 aromatic rings. The minimum Gasteiger partial charge on any atom is -0.447 e. The van der Waals surface area contributed by atoms with Gasteiger partial charge < -0.3 is 9.64 Å². The van der Waals surface area contributed by atoms with Crippen LogP contribution in [0.25, 0.3) is 5.65 Å². The lowest BCUT2D eigenvalue weighted by Crippen LogP contribution is -2.19. The van der Waals surface area contributed by atoms with Crippen LogP contribution in [0.5, 0.6) is 0 Å². The molecular weight excluding hydrogens is 320 g/mol. The number of carbonyl (C=O) groups is 1. The predicted octanol–water partition coefficient (Wildman–Crippen LogP) is 3.16. The van der Waals surface area contributed by atoms with Crippen LogP contribution < -0.4 is 10.2 Å². The summed E-state index contributed by atoms with van der Waals surface area (Å²) in [6.45, 7) is 5.59. The summed E-state index contributed by atoms with van der Waals surface area (Å²) in [5.41, 5.74) is 2.67. The molecule has 2 aromatic heterocycles. The minimum absolute atomic E-state index is 0.219. The Morgan fingerprint density at radius 2 is 2.12 bits per heavy atom. The fourth-order valence-corrected chi connectivity index (χ4v) is 2.43. The van der Waals surface area contributed by atoms with E-state index in [0.29, 0.717) is 11.5 Å². The summed E-state index contributed by atoms with van der Waals surface area (Å²) >= 11 is 0.